The van der Waals surface area contributed by atoms with E-state index in [2.05, 4.69) is 58.3 Å². The molecule has 1 aliphatic heterocycles. The summed E-state index contributed by atoms with van der Waals surface area (Å²) in [6, 6.07) is 10.8. The normalized spacial score (nSPS) is 18.6. The van der Waals surface area contributed by atoms with Crippen LogP contribution < -0.4 is 10.6 Å². The molecule has 158 valence electrons. The molecule has 0 amide bonds. The molecule has 2 rings (SSSR count). The van der Waals surface area contributed by atoms with E-state index >= 15 is 0 Å². The number of piperazine rings is 1. The lowest BCUT2D eigenvalue weighted by atomic mass is 10.2. The first-order chi connectivity index (χ1) is 13.6. The molecule has 6 nitrogen and oxygen atoms in total. The van der Waals surface area contributed by atoms with Crippen molar-refractivity contribution in [2.45, 2.75) is 33.4 Å². The van der Waals surface area contributed by atoms with Crippen LogP contribution in [0, 0.1) is 5.92 Å². The quantitative estimate of drug-likeness (QED) is 0.474. The zero-order valence-corrected chi connectivity index (χ0v) is 18.2. The molecule has 0 bridgehead atoms. The standard InChI is InChI=1S/C22H39N5O/c1-5-26-11-13-27(14-12-26)20(3)16-25-22(23-4)24-15-19(2)17-28-18-21-9-7-6-8-10-21/h6-10,19-20H,5,11-18H2,1-4H3,(H2,23,24,25). The monoisotopic (exact) mass is 389 g/mol. The molecule has 1 aliphatic rings. The molecule has 2 atom stereocenters. The minimum absolute atomic E-state index is 0.418. The number of benzene rings is 1. The lowest BCUT2D eigenvalue weighted by Gasteiger charge is -2.37. The summed E-state index contributed by atoms with van der Waals surface area (Å²) in [7, 11) is 1.83. The SMILES string of the molecule is CCN1CCN(C(C)CNC(=NC)NCC(C)COCc2ccccc2)CC1. The average molecular weight is 390 g/mol. The molecule has 0 aromatic heterocycles. The van der Waals surface area contributed by atoms with Gasteiger partial charge in [-0.2, -0.15) is 0 Å². The third-order valence-electron chi connectivity index (χ3n) is 5.40. The van der Waals surface area contributed by atoms with E-state index in [0.29, 0.717) is 18.6 Å². The lowest BCUT2D eigenvalue weighted by Crippen LogP contribution is -2.53. The van der Waals surface area contributed by atoms with Crippen molar-refractivity contribution in [3.63, 3.8) is 0 Å². The zero-order valence-electron chi connectivity index (χ0n) is 18.2. The number of nitrogens with one attached hydrogen (secondary N) is 2. The van der Waals surface area contributed by atoms with Crippen molar-refractivity contribution in [3.05, 3.63) is 35.9 Å². The van der Waals surface area contributed by atoms with Crippen LogP contribution in [0.15, 0.2) is 35.3 Å². The van der Waals surface area contributed by atoms with Crippen LogP contribution >= 0.6 is 0 Å². The molecule has 1 aromatic rings. The number of aliphatic imine (C=N–C) groups is 1. The van der Waals surface area contributed by atoms with E-state index in [-0.39, 0.29) is 0 Å². The predicted octanol–water partition coefficient (Wildman–Crippen LogP) is 2.03. The Morgan fingerprint density at radius 3 is 2.39 bits per heavy atom. The van der Waals surface area contributed by atoms with Gasteiger partial charge in [0.25, 0.3) is 0 Å². The summed E-state index contributed by atoms with van der Waals surface area (Å²) >= 11 is 0. The number of rotatable bonds is 10. The summed E-state index contributed by atoms with van der Waals surface area (Å²) in [6.45, 7) is 15.7. The van der Waals surface area contributed by atoms with E-state index in [9.17, 15) is 0 Å². The molecule has 2 unspecified atom stereocenters. The van der Waals surface area contributed by atoms with Crippen molar-refractivity contribution in [2.75, 3.05) is 59.5 Å². The summed E-state index contributed by atoms with van der Waals surface area (Å²) in [5, 5.41) is 6.90. The Kier molecular flexibility index (Phi) is 10.3. The number of hydrogen-bond acceptors (Lipinski definition) is 4. The van der Waals surface area contributed by atoms with Crippen LogP contribution in [0.1, 0.15) is 26.3 Å². The van der Waals surface area contributed by atoms with Crippen molar-refractivity contribution in [3.8, 4) is 0 Å². The molecule has 1 fully saturated rings. The van der Waals surface area contributed by atoms with Gasteiger partial charge in [0, 0.05) is 52.4 Å². The van der Waals surface area contributed by atoms with Crippen LogP contribution in [0.5, 0.6) is 0 Å². The largest absolute Gasteiger partial charge is 0.376 e. The van der Waals surface area contributed by atoms with Crippen molar-refractivity contribution in [1.29, 1.82) is 0 Å². The number of ether oxygens (including phenoxy) is 1. The number of nitrogens with zero attached hydrogens (tertiary/aromatic N) is 3. The molecule has 0 spiro atoms. The predicted molar refractivity (Wildman–Crippen MR) is 118 cm³/mol. The second-order valence-electron chi connectivity index (χ2n) is 7.76. The summed E-state index contributed by atoms with van der Waals surface area (Å²) in [6.07, 6.45) is 0. The third-order valence-corrected chi connectivity index (χ3v) is 5.40. The van der Waals surface area contributed by atoms with Crippen LogP contribution in [-0.4, -0.2) is 81.3 Å². The van der Waals surface area contributed by atoms with Crippen molar-refractivity contribution in [1.82, 2.24) is 20.4 Å². The lowest BCUT2D eigenvalue weighted by molar-refractivity contribution is 0.0930. The minimum atomic E-state index is 0.418. The second kappa shape index (κ2) is 12.8. The molecule has 28 heavy (non-hydrogen) atoms. The van der Waals surface area contributed by atoms with Gasteiger partial charge in [-0.3, -0.25) is 9.89 Å². The smallest absolute Gasteiger partial charge is 0.191 e. The van der Waals surface area contributed by atoms with Gasteiger partial charge in [0.05, 0.1) is 13.2 Å². The highest BCUT2D eigenvalue weighted by atomic mass is 16.5. The number of likely N-dealkylation sites (N-methyl/N-ethyl adjacent to an activating group) is 1. The maximum atomic E-state index is 5.83. The van der Waals surface area contributed by atoms with Gasteiger partial charge < -0.3 is 20.3 Å². The first-order valence-electron chi connectivity index (χ1n) is 10.6. The summed E-state index contributed by atoms with van der Waals surface area (Å²) in [5.74, 6) is 1.29. The second-order valence-corrected chi connectivity index (χ2v) is 7.76. The van der Waals surface area contributed by atoms with Crippen LogP contribution in [-0.2, 0) is 11.3 Å². The van der Waals surface area contributed by atoms with Gasteiger partial charge in [-0.15, -0.1) is 0 Å². The highest BCUT2D eigenvalue weighted by Gasteiger charge is 2.20. The molecule has 6 heteroatoms. The highest BCUT2D eigenvalue weighted by Crippen LogP contribution is 2.06. The summed E-state index contributed by atoms with van der Waals surface area (Å²) in [5.41, 5.74) is 1.22. The fraction of sp³-hybridized carbons (Fsp3) is 0.682. The van der Waals surface area contributed by atoms with Gasteiger partial charge in [0.1, 0.15) is 0 Å². The van der Waals surface area contributed by atoms with E-state index in [0.717, 1.165) is 45.3 Å². The van der Waals surface area contributed by atoms with E-state index in [1.807, 2.05) is 25.2 Å². The van der Waals surface area contributed by atoms with Gasteiger partial charge in [-0.25, -0.2) is 0 Å². The Balaban J connectivity index is 1.60. The Hall–Kier alpha value is -1.63. The fourth-order valence-corrected chi connectivity index (χ4v) is 3.40. The summed E-state index contributed by atoms with van der Waals surface area (Å²) < 4.78 is 5.83. The molecular formula is C22H39N5O. The first-order valence-corrected chi connectivity index (χ1v) is 10.6. The molecule has 1 saturated heterocycles. The first kappa shape index (κ1) is 22.7. The van der Waals surface area contributed by atoms with Crippen LogP contribution in [0.3, 0.4) is 0 Å². The topological polar surface area (TPSA) is 52.1 Å². The van der Waals surface area contributed by atoms with E-state index in [1.54, 1.807) is 0 Å². The Labute approximate surface area is 171 Å². The number of hydrogen-bond donors (Lipinski definition) is 2. The van der Waals surface area contributed by atoms with Crippen molar-refractivity contribution < 1.29 is 4.74 Å². The van der Waals surface area contributed by atoms with Crippen molar-refractivity contribution >= 4 is 5.96 Å². The number of guanidine groups is 1. The molecular weight excluding hydrogens is 350 g/mol. The zero-order chi connectivity index (χ0) is 20.2. The Morgan fingerprint density at radius 1 is 1.07 bits per heavy atom. The van der Waals surface area contributed by atoms with Gasteiger partial charge >= 0.3 is 0 Å². The molecule has 2 N–H and O–H groups in total. The maximum Gasteiger partial charge on any atom is 0.191 e. The van der Waals surface area contributed by atoms with E-state index in [4.69, 9.17) is 4.74 Å². The molecule has 0 aliphatic carbocycles. The van der Waals surface area contributed by atoms with Crippen LogP contribution in [0.4, 0.5) is 0 Å². The minimum Gasteiger partial charge on any atom is -0.376 e. The van der Waals surface area contributed by atoms with Gasteiger partial charge in [-0.1, -0.05) is 44.2 Å². The summed E-state index contributed by atoms with van der Waals surface area (Å²) in [4.78, 5) is 9.43. The van der Waals surface area contributed by atoms with Crippen molar-refractivity contribution in [2.24, 2.45) is 10.9 Å². The van der Waals surface area contributed by atoms with Gasteiger partial charge in [0.15, 0.2) is 5.96 Å². The molecule has 1 aromatic carbocycles. The van der Waals surface area contributed by atoms with Crippen LogP contribution in [0.2, 0.25) is 0 Å². The highest BCUT2D eigenvalue weighted by molar-refractivity contribution is 5.79. The van der Waals surface area contributed by atoms with E-state index < -0.39 is 0 Å². The third kappa shape index (κ3) is 8.17. The van der Waals surface area contributed by atoms with Crippen LogP contribution in [0.25, 0.3) is 0 Å². The Morgan fingerprint density at radius 2 is 1.75 bits per heavy atom. The average Bonchev–Trinajstić information content (AvgIpc) is 2.74. The van der Waals surface area contributed by atoms with E-state index in [1.165, 1.54) is 18.7 Å². The van der Waals surface area contributed by atoms with Gasteiger partial charge in [-0.05, 0) is 24.9 Å². The molecule has 0 saturated carbocycles. The molecule has 0 radical (unpaired) electrons. The maximum absolute atomic E-state index is 5.83. The van der Waals surface area contributed by atoms with Gasteiger partial charge in [0.2, 0.25) is 0 Å². The fourth-order valence-electron chi connectivity index (χ4n) is 3.40. The molecule has 1 heterocycles. The Bertz CT molecular complexity index is 557.